The summed E-state index contributed by atoms with van der Waals surface area (Å²) in [7, 11) is 0. The fourth-order valence-electron chi connectivity index (χ4n) is 3.25. The van der Waals surface area contributed by atoms with E-state index in [1.165, 1.54) is 6.08 Å². The van der Waals surface area contributed by atoms with E-state index in [-0.39, 0.29) is 17.2 Å². The summed E-state index contributed by atoms with van der Waals surface area (Å²) in [6, 6.07) is 14.6. The average molecular weight is 549 g/mol. The summed E-state index contributed by atoms with van der Waals surface area (Å²) in [6.07, 6.45) is 1.45. The van der Waals surface area contributed by atoms with Crippen LogP contribution < -0.4 is 10.1 Å². The molecule has 0 bridgehead atoms. The Hall–Kier alpha value is -3.40. The Morgan fingerprint density at radius 2 is 1.81 bits per heavy atom. The van der Waals surface area contributed by atoms with Gasteiger partial charge in [0.15, 0.2) is 0 Å². The van der Waals surface area contributed by atoms with Crippen molar-refractivity contribution in [1.82, 2.24) is 4.90 Å². The van der Waals surface area contributed by atoms with E-state index in [1.54, 1.807) is 36.4 Å². The van der Waals surface area contributed by atoms with Crippen molar-refractivity contribution in [3.8, 4) is 5.75 Å². The average Bonchev–Trinajstić information content (AvgIpc) is 3.08. The van der Waals surface area contributed by atoms with Crippen LogP contribution in [0.2, 0.25) is 10.0 Å². The minimum absolute atomic E-state index is 0.0515. The van der Waals surface area contributed by atoms with Gasteiger partial charge in [-0.3, -0.25) is 19.3 Å². The summed E-state index contributed by atoms with van der Waals surface area (Å²) in [5.74, 6) is -2.91. The van der Waals surface area contributed by atoms with Gasteiger partial charge in [-0.05, 0) is 65.9 Å². The second-order valence-corrected chi connectivity index (χ2v) is 9.41. The Morgan fingerprint density at radius 3 is 2.56 bits per heavy atom. The number of nitrogens with zero attached hydrogens (tertiary/aromatic N) is 1. The number of imide groups is 1. The number of rotatable bonds is 7. The molecule has 1 fully saturated rings. The molecule has 0 radical (unpaired) electrons. The molecule has 3 aromatic rings. The molecule has 1 aliphatic heterocycles. The fraction of sp³-hybridized carbons (Fsp3) is 0.0800. The molecule has 0 spiro atoms. The standard InChI is InChI=1S/C25H16Cl2F2N2O4S/c26-16-3-1-2-14(8-16)13-35-21-7-4-17(27)9-15(21)10-22-24(33)31(25(34)36-22)12-23(32)30-20-6-5-18(28)11-19(20)29/h1-11H,12-13H2,(H,30,32)/b22-10+. The molecule has 0 aliphatic carbocycles. The molecule has 3 aromatic carbocycles. The lowest BCUT2D eigenvalue weighted by Gasteiger charge is -2.13. The van der Waals surface area contributed by atoms with Crippen molar-refractivity contribution in [3.63, 3.8) is 0 Å². The number of thioether (sulfide) groups is 1. The lowest BCUT2D eigenvalue weighted by molar-refractivity contribution is -0.127. The van der Waals surface area contributed by atoms with Crippen LogP contribution in [0.1, 0.15) is 11.1 Å². The number of benzene rings is 3. The minimum Gasteiger partial charge on any atom is -0.488 e. The number of ether oxygens (including phenoxy) is 1. The lowest BCUT2D eigenvalue weighted by Crippen LogP contribution is -2.36. The number of hydrogen-bond acceptors (Lipinski definition) is 5. The monoisotopic (exact) mass is 548 g/mol. The van der Waals surface area contributed by atoms with Crippen molar-refractivity contribution in [1.29, 1.82) is 0 Å². The number of carbonyl (C=O) groups is 3. The second kappa shape index (κ2) is 11.1. The highest BCUT2D eigenvalue weighted by atomic mass is 35.5. The number of anilines is 1. The van der Waals surface area contributed by atoms with Crippen molar-refractivity contribution in [2.45, 2.75) is 6.61 Å². The number of carbonyl (C=O) groups excluding carboxylic acids is 3. The summed E-state index contributed by atoms with van der Waals surface area (Å²) >= 11 is 12.8. The van der Waals surface area contributed by atoms with E-state index < -0.39 is 35.2 Å². The van der Waals surface area contributed by atoms with Gasteiger partial charge >= 0.3 is 0 Å². The summed E-state index contributed by atoms with van der Waals surface area (Å²) < 4.78 is 32.7. The first kappa shape index (κ1) is 25.7. The largest absolute Gasteiger partial charge is 0.488 e. The normalized spacial score (nSPS) is 14.4. The van der Waals surface area contributed by atoms with Gasteiger partial charge in [-0.1, -0.05) is 35.3 Å². The predicted octanol–water partition coefficient (Wildman–Crippen LogP) is 6.53. The first-order valence-corrected chi connectivity index (χ1v) is 11.9. The molecular weight excluding hydrogens is 533 g/mol. The molecule has 0 unspecified atom stereocenters. The summed E-state index contributed by atoms with van der Waals surface area (Å²) in [5, 5.41) is 2.49. The molecule has 0 aromatic heterocycles. The number of hydrogen-bond donors (Lipinski definition) is 1. The van der Waals surface area contributed by atoms with E-state index in [2.05, 4.69) is 5.32 Å². The predicted molar refractivity (Wildman–Crippen MR) is 135 cm³/mol. The van der Waals surface area contributed by atoms with Crippen LogP contribution >= 0.6 is 35.0 Å². The van der Waals surface area contributed by atoms with Crippen LogP contribution in [-0.4, -0.2) is 28.5 Å². The van der Waals surface area contributed by atoms with E-state index in [1.807, 2.05) is 6.07 Å². The van der Waals surface area contributed by atoms with Crippen LogP contribution in [0, 0.1) is 11.6 Å². The smallest absolute Gasteiger partial charge is 0.294 e. The van der Waals surface area contributed by atoms with Crippen LogP contribution in [0.5, 0.6) is 5.75 Å². The molecule has 3 amide bonds. The van der Waals surface area contributed by atoms with Crippen molar-refractivity contribution >= 4 is 63.8 Å². The molecule has 4 rings (SSSR count). The van der Waals surface area contributed by atoms with Gasteiger partial charge in [0.2, 0.25) is 5.91 Å². The first-order valence-electron chi connectivity index (χ1n) is 10.4. The van der Waals surface area contributed by atoms with Crippen LogP contribution in [-0.2, 0) is 16.2 Å². The highest BCUT2D eigenvalue weighted by Crippen LogP contribution is 2.35. The van der Waals surface area contributed by atoms with E-state index in [9.17, 15) is 23.2 Å². The van der Waals surface area contributed by atoms with Gasteiger partial charge in [0.25, 0.3) is 11.1 Å². The topological polar surface area (TPSA) is 75.7 Å². The number of halogens is 4. The summed E-state index contributed by atoms with van der Waals surface area (Å²) in [5.41, 5.74) is 1.00. The molecule has 0 atom stereocenters. The molecule has 1 heterocycles. The first-order chi connectivity index (χ1) is 17.2. The fourth-order valence-corrected chi connectivity index (χ4v) is 4.48. The Morgan fingerprint density at radius 1 is 1.03 bits per heavy atom. The van der Waals surface area contributed by atoms with Crippen LogP contribution in [0.3, 0.4) is 0 Å². The molecule has 0 saturated carbocycles. The Kier molecular flexibility index (Phi) is 7.93. The molecular formula is C25H16Cl2F2N2O4S. The van der Waals surface area contributed by atoms with E-state index in [0.29, 0.717) is 39.2 Å². The lowest BCUT2D eigenvalue weighted by atomic mass is 10.1. The zero-order valence-corrected chi connectivity index (χ0v) is 20.6. The van der Waals surface area contributed by atoms with Gasteiger partial charge in [-0.25, -0.2) is 8.78 Å². The molecule has 36 heavy (non-hydrogen) atoms. The minimum atomic E-state index is -0.983. The summed E-state index contributed by atoms with van der Waals surface area (Å²) in [6.45, 7) is -0.447. The van der Waals surface area contributed by atoms with Gasteiger partial charge in [0.05, 0.1) is 10.6 Å². The van der Waals surface area contributed by atoms with Crippen molar-refractivity contribution in [3.05, 3.63) is 98.4 Å². The van der Waals surface area contributed by atoms with E-state index in [0.717, 1.165) is 22.6 Å². The number of amides is 3. The van der Waals surface area contributed by atoms with Gasteiger partial charge in [-0.2, -0.15) is 0 Å². The van der Waals surface area contributed by atoms with Gasteiger partial charge in [0.1, 0.15) is 30.5 Å². The third-order valence-electron chi connectivity index (χ3n) is 4.92. The molecule has 6 nitrogen and oxygen atoms in total. The molecule has 1 N–H and O–H groups in total. The molecule has 184 valence electrons. The summed E-state index contributed by atoms with van der Waals surface area (Å²) in [4.78, 5) is 38.4. The Labute approximate surface area is 218 Å². The highest BCUT2D eigenvalue weighted by molar-refractivity contribution is 8.18. The highest BCUT2D eigenvalue weighted by Gasteiger charge is 2.36. The van der Waals surface area contributed by atoms with Crippen LogP contribution in [0.15, 0.2) is 65.6 Å². The van der Waals surface area contributed by atoms with Crippen molar-refractivity contribution < 1.29 is 27.9 Å². The zero-order valence-electron chi connectivity index (χ0n) is 18.3. The Balaban J connectivity index is 1.48. The molecule has 1 saturated heterocycles. The maximum Gasteiger partial charge on any atom is 0.294 e. The van der Waals surface area contributed by atoms with E-state index in [4.69, 9.17) is 27.9 Å². The van der Waals surface area contributed by atoms with Gasteiger partial charge in [-0.15, -0.1) is 0 Å². The van der Waals surface area contributed by atoms with E-state index >= 15 is 0 Å². The maximum atomic E-state index is 13.8. The second-order valence-electron chi connectivity index (χ2n) is 7.54. The third kappa shape index (κ3) is 6.23. The number of nitrogens with one attached hydrogen (secondary N) is 1. The SMILES string of the molecule is O=C(CN1C(=O)S/C(=C/c2cc(Cl)ccc2OCc2cccc(Cl)c2)C1=O)Nc1ccc(F)cc1F. The van der Waals surface area contributed by atoms with Crippen molar-refractivity contribution in [2.75, 3.05) is 11.9 Å². The van der Waals surface area contributed by atoms with Crippen LogP contribution in [0.4, 0.5) is 19.3 Å². The molecule has 1 aliphatic rings. The third-order valence-corrected chi connectivity index (χ3v) is 6.30. The Bertz CT molecular complexity index is 1400. The van der Waals surface area contributed by atoms with Crippen molar-refractivity contribution in [2.24, 2.45) is 0 Å². The van der Waals surface area contributed by atoms with Gasteiger partial charge in [0, 0.05) is 21.7 Å². The van der Waals surface area contributed by atoms with Gasteiger partial charge < -0.3 is 10.1 Å². The molecule has 11 heteroatoms. The maximum absolute atomic E-state index is 13.8. The quantitative estimate of drug-likeness (QED) is 0.340. The zero-order chi connectivity index (χ0) is 25.8. The van der Waals surface area contributed by atoms with Crippen LogP contribution in [0.25, 0.3) is 6.08 Å².